The van der Waals surface area contributed by atoms with Crippen molar-refractivity contribution in [3.8, 4) is 16.9 Å². The summed E-state index contributed by atoms with van der Waals surface area (Å²) in [6, 6.07) is 19.7. The third-order valence-electron chi connectivity index (χ3n) is 4.04. The Morgan fingerprint density at radius 3 is 2.56 bits per heavy atom. The van der Waals surface area contributed by atoms with Gasteiger partial charge in [-0.2, -0.15) is 5.10 Å². The molecule has 0 spiro atoms. The maximum absolute atomic E-state index is 12.7. The van der Waals surface area contributed by atoms with E-state index in [1.165, 1.54) is 0 Å². The lowest BCUT2D eigenvalue weighted by Gasteiger charge is -2.19. The van der Waals surface area contributed by atoms with Crippen LogP contribution < -0.4 is 0 Å². The van der Waals surface area contributed by atoms with Crippen LogP contribution in [0.25, 0.3) is 16.9 Å². The number of hydrogen-bond donors (Lipinski definition) is 0. The highest BCUT2D eigenvalue weighted by Crippen LogP contribution is 2.22. The molecule has 0 bridgehead atoms. The number of amides is 1. The van der Waals surface area contributed by atoms with Gasteiger partial charge in [-0.15, -0.1) is 0 Å². The molecule has 0 aliphatic carbocycles. The predicted molar refractivity (Wildman–Crippen MR) is 101 cm³/mol. The van der Waals surface area contributed by atoms with Crippen molar-refractivity contribution in [3.05, 3.63) is 72.4 Å². The SMILES string of the molecule is CC(C)CN(C)C(=O)c1cccc(-n2nccc2-c2ccccc2)c1. The van der Waals surface area contributed by atoms with Gasteiger partial charge in [-0.05, 0) is 30.2 Å². The molecule has 3 aromatic rings. The van der Waals surface area contributed by atoms with Crippen LogP contribution in [0, 0.1) is 5.92 Å². The van der Waals surface area contributed by atoms with Gasteiger partial charge in [-0.1, -0.05) is 50.2 Å². The van der Waals surface area contributed by atoms with Crippen LogP contribution in [0.1, 0.15) is 24.2 Å². The second-order valence-corrected chi connectivity index (χ2v) is 6.62. The average Bonchev–Trinajstić information content (AvgIpc) is 3.11. The standard InChI is InChI=1S/C21H23N3O/c1-16(2)15-23(3)21(25)18-10-7-11-19(14-18)24-20(12-13-22-24)17-8-5-4-6-9-17/h4-14,16H,15H2,1-3H3. The van der Waals surface area contributed by atoms with E-state index in [1.807, 2.05) is 60.3 Å². The van der Waals surface area contributed by atoms with Crippen LogP contribution in [0.4, 0.5) is 0 Å². The Labute approximate surface area is 148 Å². The smallest absolute Gasteiger partial charge is 0.253 e. The van der Waals surface area contributed by atoms with Crippen molar-refractivity contribution in [3.63, 3.8) is 0 Å². The molecule has 0 N–H and O–H groups in total. The van der Waals surface area contributed by atoms with E-state index in [4.69, 9.17) is 0 Å². The van der Waals surface area contributed by atoms with Gasteiger partial charge in [0.2, 0.25) is 0 Å². The van der Waals surface area contributed by atoms with Gasteiger partial charge < -0.3 is 4.90 Å². The van der Waals surface area contributed by atoms with Crippen LogP contribution in [0.2, 0.25) is 0 Å². The Balaban J connectivity index is 1.93. The molecule has 0 radical (unpaired) electrons. The van der Waals surface area contributed by atoms with Gasteiger partial charge in [0.25, 0.3) is 5.91 Å². The number of aromatic nitrogens is 2. The second kappa shape index (κ2) is 7.34. The summed E-state index contributed by atoms with van der Waals surface area (Å²) in [5.41, 5.74) is 3.65. The molecule has 0 saturated heterocycles. The Bertz CT molecular complexity index is 852. The summed E-state index contributed by atoms with van der Waals surface area (Å²) >= 11 is 0. The van der Waals surface area contributed by atoms with Crippen molar-refractivity contribution in [2.75, 3.05) is 13.6 Å². The molecule has 0 fully saturated rings. The van der Waals surface area contributed by atoms with E-state index in [9.17, 15) is 4.79 Å². The number of carbonyl (C=O) groups is 1. The van der Waals surface area contributed by atoms with Gasteiger partial charge >= 0.3 is 0 Å². The van der Waals surface area contributed by atoms with Gasteiger partial charge in [-0.25, -0.2) is 4.68 Å². The molecule has 1 heterocycles. The third kappa shape index (κ3) is 3.79. The van der Waals surface area contributed by atoms with Crippen molar-refractivity contribution in [1.29, 1.82) is 0 Å². The van der Waals surface area contributed by atoms with Gasteiger partial charge in [0.15, 0.2) is 0 Å². The lowest BCUT2D eigenvalue weighted by atomic mass is 10.1. The summed E-state index contributed by atoms with van der Waals surface area (Å²) < 4.78 is 1.87. The fourth-order valence-electron chi connectivity index (χ4n) is 2.96. The molecule has 128 valence electrons. The normalized spacial score (nSPS) is 10.9. The largest absolute Gasteiger partial charge is 0.341 e. The first-order valence-electron chi connectivity index (χ1n) is 8.51. The van der Waals surface area contributed by atoms with Crippen molar-refractivity contribution < 1.29 is 4.79 Å². The summed E-state index contributed by atoms with van der Waals surface area (Å²) in [5, 5.41) is 4.45. The summed E-state index contributed by atoms with van der Waals surface area (Å²) in [7, 11) is 1.85. The van der Waals surface area contributed by atoms with Crippen LogP contribution in [-0.4, -0.2) is 34.2 Å². The van der Waals surface area contributed by atoms with Crippen LogP contribution in [-0.2, 0) is 0 Å². The maximum Gasteiger partial charge on any atom is 0.253 e. The van der Waals surface area contributed by atoms with E-state index < -0.39 is 0 Å². The second-order valence-electron chi connectivity index (χ2n) is 6.62. The first kappa shape index (κ1) is 17.0. The highest BCUT2D eigenvalue weighted by Gasteiger charge is 2.14. The van der Waals surface area contributed by atoms with Crippen LogP contribution >= 0.6 is 0 Å². The van der Waals surface area contributed by atoms with Crippen LogP contribution in [0.5, 0.6) is 0 Å². The molecule has 1 aromatic heterocycles. The van der Waals surface area contributed by atoms with E-state index in [-0.39, 0.29) is 5.91 Å². The van der Waals surface area contributed by atoms with Gasteiger partial charge in [0.05, 0.1) is 17.6 Å². The molecular formula is C21H23N3O. The van der Waals surface area contributed by atoms with E-state index in [2.05, 4.69) is 31.1 Å². The zero-order valence-corrected chi connectivity index (χ0v) is 14.9. The Morgan fingerprint density at radius 1 is 1.08 bits per heavy atom. The highest BCUT2D eigenvalue weighted by molar-refractivity contribution is 5.94. The molecule has 3 rings (SSSR count). The zero-order valence-electron chi connectivity index (χ0n) is 14.9. The molecule has 25 heavy (non-hydrogen) atoms. The number of benzene rings is 2. The van der Waals surface area contributed by atoms with Crippen molar-refractivity contribution >= 4 is 5.91 Å². The molecule has 0 unspecified atom stereocenters. The lowest BCUT2D eigenvalue weighted by Crippen LogP contribution is -2.30. The van der Waals surface area contributed by atoms with E-state index in [0.717, 1.165) is 23.5 Å². The van der Waals surface area contributed by atoms with E-state index >= 15 is 0 Å². The number of hydrogen-bond acceptors (Lipinski definition) is 2. The minimum atomic E-state index is 0.0315. The molecule has 4 nitrogen and oxygen atoms in total. The summed E-state index contributed by atoms with van der Waals surface area (Å²) in [6.07, 6.45) is 1.78. The van der Waals surface area contributed by atoms with Gasteiger partial charge in [0.1, 0.15) is 0 Å². The molecule has 0 atom stereocenters. The molecule has 2 aromatic carbocycles. The van der Waals surface area contributed by atoms with E-state index in [1.54, 1.807) is 11.1 Å². The van der Waals surface area contributed by atoms with Crippen LogP contribution in [0.3, 0.4) is 0 Å². The van der Waals surface area contributed by atoms with Gasteiger partial charge in [0, 0.05) is 24.7 Å². The Kier molecular flexibility index (Phi) is 4.98. The molecule has 0 aliphatic heterocycles. The number of nitrogens with zero attached hydrogens (tertiary/aromatic N) is 3. The van der Waals surface area contributed by atoms with Crippen molar-refractivity contribution in [2.45, 2.75) is 13.8 Å². The van der Waals surface area contributed by atoms with Crippen molar-refractivity contribution in [2.24, 2.45) is 5.92 Å². The number of rotatable bonds is 5. The molecule has 4 heteroatoms. The number of carbonyl (C=O) groups excluding carboxylic acids is 1. The average molecular weight is 333 g/mol. The fourth-order valence-corrected chi connectivity index (χ4v) is 2.96. The quantitative estimate of drug-likeness (QED) is 0.699. The summed E-state index contributed by atoms with van der Waals surface area (Å²) in [5.74, 6) is 0.469. The predicted octanol–water partition coefficient (Wildman–Crippen LogP) is 4.27. The summed E-state index contributed by atoms with van der Waals surface area (Å²) in [6.45, 7) is 4.95. The molecule has 0 saturated carbocycles. The monoisotopic (exact) mass is 333 g/mol. The minimum absolute atomic E-state index is 0.0315. The first-order chi connectivity index (χ1) is 12.1. The molecule has 0 aliphatic rings. The van der Waals surface area contributed by atoms with Crippen LogP contribution in [0.15, 0.2) is 66.9 Å². The summed E-state index contributed by atoms with van der Waals surface area (Å²) in [4.78, 5) is 14.4. The Hall–Kier alpha value is -2.88. The van der Waals surface area contributed by atoms with Crippen molar-refractivity contribution in [1.82, 2.24) is 14.7 Å². The minimum Gasteiger partial charge on any atom is -0.341 e. The Morgan fingerprint density at radius 2 is 1.84 bits per heavy atom. The zero-order chi connectivity index (χ0) is 17.8. The highest BCUT2D eigenvalue weighted by atomic mass is 16.2. The third-order valence-corrected chi connectivity index (χ3v) is 4.04. The first-order valence-corrected chi connectivity index (χ1v) is 8.51. The maximum atomic E-state index is 12.7. The van der Waals surface area contributed by atoms with Gasteiger partial charge in [-0.3, -0.25) is 4.79 Å². The lowest BCUT2D eigenvalue weighted by molar-refractivity contribution is 0.0779. The molecular weight excluding hydrogens is 310 g/mol. The van der Waals surface area contributed by atoms with E-state index in [0.29, 0.717) is 11.5 Å². The topological polar surface area (TPSA) is 38.1 Å². The fraction of sp³-hybridized carbons (Fsp3) is 0.238. The molecule has 1 amide bonds.